The minimum Gasteiger partial charge on any atom is -0.326 e. The predicted molar refractivity (Wildman–Crippen MR) is 88.5 cm³/mol. The topological polar surface area (TPSA) is 97.3 Å². The Kier molecular flexibility index (Phi) is 4.14. The molecule has 1 aromatic rings. The normalized spacial score (nSPS) is 30.9. The van der Waals surface area contributed by atoms with Crippen molar-refractivity contribution in [2.24, 2.45) is 24.6 Å². The van der Waals surface area contributed by atoms with Crippen LogP contribution >= 0.6 is 0 Å². The molecule has 8 nitrogen and oxygen atoms in total. The van der Waals surface area contributed by atoms with Gasteiger partial charge < -0.3 is 10.6 Å². The Morgan fingerprint density at radius 3 is 2.46 bits per heavy atom. The maximum absolute atomic E-state index is 12.7. The van der Waals surface area contributed by atoms with E-state index in [1.165, 1.54) is 28.0 Å². The Bertz CT molecular complexity index is 693. The van der Waals surface area contributed by atoms with Gasteiger partial charge in [-0.15, -0.1) is 5.10 Å². The van der Waals surface area contributed by atoms with Crippen molar-refractivity contribution < 1.29 is 8.42 Å². The molecule has 0 bridgehead atoms. The van der Waals surface area contributed by atoms with Gasteiger partial charge in [0, 0.05) is 32.2 Å². The maximum Gasteiger partial charge on any atom is 0.264 e. The van der Waals surface area contributed by atoms with Crippen molar-refractivity contribution >= 4 is 10.0 Å². The molecule has 3 fully saturated rings. The fourth-order valence-electron chi connectivity index (χ4n) is 4.24. The standard InChI is InChI=1S/C15H26N6O2S/c1-19-10-15(17-18-19)24(22,23)21-8-13(14(16)9-21)11-4-6-20(7-5-11)12-2-3-12/h10-14H,2-9,16H2,1H3. The average Bonchev–Trinajstić information content (AvgIpc) is 3.19. The zero-order valence-electron chi connectivity index (χ0n) is 14.1. The summed E-state index contributed by atoms with van der Waals surface area (Å²) < 4.78 is 28.3. The summed E-state index contributed by atoms with van der Waals surface area (Å²) in [7, 11) is -1.92. The summed E-state index contributed by atoms with van der Waals surface area (Å²) in [4.78, 5) is 2.59. The highest BCUT2D eigenvalue weighted by Crippen LogP contribution is 2.36. The molecule has 0 amide bonds. The molecule has 3 heterocycles. The largest absolute Gasteiger partial charge is 0.326 e. The minimum absolute atomic E-state index is 0.0152. The Balaban J connectivity index is 1.42. The number of aromatic nitrogens is 3. The molecular formula is C15H26N6O2S. The summed E-state index contributed by atoms with van der Waals surface area (Å²) in [6.07, 6.45) is 6.40. The first-order valence-electron chi connectivity index (χ1n) is 8.81. The molecule has 2 aliphatic heterocycles. The Hall–Kier alpha value is -1.03. The molecule has 4 rings (SSSR count). The van der Waals surface area contributed by atoms with Gasteiger partial charge in [-0.3, -0.25) is 4.68 Å². The molecule has 2 N–H and O–H groups in total. The summed E-state index contributed by atoms with van der Waals surface area (Å²) in [5.74, 6) is 0.773. The van der Waals surface area contributed by atoms with Crippen molar-refractivity contribution in [2.45, 2.75) is 42.8 Å². The lowest BCUT2D eigenvalue weighted by Crippen LogP contribution is -2.41. The lowest BCUT2D eigenvalue weighted by atomic mass is 9.82. The van der Waals surface area contributed by atoms with Crippen molar-refractivity contribution in [1.82, 2.24) is 24.2 Å². The van der Waals surface area contributed by atoms with Crippen LogP contribution in [0.3, 0.4) is 0 Å². The maximum atomic E-state index is 12.7. The number of likely N-dealkylation sites (tertiary alicyclic amines) is 1. The third-order valence-corrected chi connectivity index (χ3v) is 7.50. The molecular weight excluding hydrogens is 328 g/mol. The number of aryl methyl sites for hydroxylation is 1. The Labute approximate surface area is 143 Å². The van der Waals surface area contributed by atoms with Gasteiger partial charge in [-0.1, -0.05) is 5.21 Å². The molecule has 24 heavy (non-hydrogen) atoms. The molecule has 1 saturated carbocycles. The fraction of sp³-hybridized carbons (Fsp3) is 0.867. The van der Waals surface area contributed by atoms with E-state index < -0.39 is 10.0 Å². The number of hydrogen-bond acceptors (Lipinski definition) is 6. The molecule has 0 aromatic carbocycles. The highest BCUT2D eigenvalue weighted by Gasteiger charge is 2.43. The summed E-state index contributed by atoms with van der Waals surface area (Å²) in [5, 5.41) is 7.52. The van der Waals surface area contributed by atoms with Gasteiger partial charge in [0.1, 0.15) is 0 Å². The summed E-state index contributed by atoms with van der Waals surface area (Å²) >= 11 is 0. The molecule has 0 radical (unpaired) electrons. The molecule has 3 aliphatic rings. The molecule has 2 unspecified atom stereocenters. The van der Waals surface area contributed by atoms with Crippen molar-refractivity contribution in [2.75, 3.05) is 26.2 Å². The average molecular weight is 354 g/mol. The third kappa shape index (κ3) is 2.98. The van der Waals surface area contributed by atoms with E-state index in [2.05, 4.69) is 15.2 Å². The molecule has 2 atom stereocenters. The van der Waals surface area contributed by atoms with Crippen LogP contribution in [-0.4, -0.2) is 70.9 Å². The molecule has 1 aromatic heterocycles. The Morgan fingerprint density at radius 2 is 1.88 bits per heavy atom. The van der Waals surface area contributed by atoms with Crippen LogP contribution in [0, 0.1) is 11.8 Å². The van der Waals surface area contributed by atoms with Gasteiger partial charge in [-0.05, 0) is 50.6 Å². The van der Waals surface area contributed by atoms with Gasteiger partial charge in [0.25, 0.3) is 10.0 Å². The number of nitrogens with two attached hydrogens (primary N) is 1. The first kappa shape index (κ1) is 16.4. The second-order valence-corrected chi connectivity index (χ2v) is 9.37. The quantitative estimate of drug-likeness (QED) is 0.793. The molecule has 9 heteroatoms. The van der Waals surface area contributed by atoms with E-state index in [1.54, 1.807) is 7.05 Å². The smallest absolute Gasteiger partial charge is 0.264 e. The van der Waals surface area contributed by atoms with Crippen LogP contribution in [0.25, 0.3) is 0 Å². The summed E-state index contributed by atoms with van der Waals surface area (Å²) in [6, 6.07) is 0.727. The van der Waals surface area contributed by atoms with E-state index in [4.69, 9.17) is 5.73 Å². The van der Waals surface area contributed by atoms with Gasteiger partial charge in [-0.25, -0.2) is 8.42 Å². The predicted octanol–water partition coefficient (Wildman–Crippen LogP) is -0.363. The second kappa shape index (κ2) is 6.05. The molecule has 2 saturated heterocycles. The third-order valence-electron chi connectivity index (χ3n) is 5.81. The van der Waals surface area contributed by atoms with Gasteiger partial charge in [0.2, 0.25) is 5.03 Å². The lowest BCUT2D eigenvalue weighted by Gasteiger charge is -2.36. The van der Waals surface area contributed by atoms with Crippen molar-refractivity contribution in [3.8, 4) is 0 Å². The van der Waals surface area contributed by atoms with E-state index in [1.807, 2.05) is 0 Å². The van der Waals surface area contributed by atoms with E-state index >= 15 is 0 Å². The van der Waals surface area contributed by atoms with Crippen LogP contribution in [-0.2, 0) is 17.1 Å². The highest BCUT2D eigenvalue weighted by atomic mass is 32.2. The van der Waals surface area contributed by atoms with Crippen molar-refractivity contribution in [3.05, 3.63) is 6.20 Å². The van der Waals surface area contributed by atoms with Crippen LogP contribution in [0.4, 0.5) is 0 Å². The van der Waals surface area contributed by atoms with E-state index in [0.717, 1.165) is 32.0 Å². The zero-order chi connectivity index (χ0) is 16.9. The molecule has 0 spiro atoms. The first-order chi connectivity index (χ1) is 11.4. The van der Waals surface area contributed by atoms with Gasteiger partial charge in [0.15, 0.2) is 0 Å². The monoisotopic (exact) mass is 354 g/mol. The lowest BCUT2D eigenvalue weighted by molar-refractivity contribution is 0.139. The number of piperidine rings is 1. The van der Waals surface area contributed by atoms with Gasteiger partial charge in [-0.2, -0.15) is 4.31 Å². The molecule has 134 valence electrons. The van der Waals surface area contributed by atoms with Crippen LogP contribution in [0.5, 0.6) is 0 Å². The van der Waals surface area contributed by atoms with Crippen molar-refractivity contribution in [1.29, 1.82) is 0 Å². The van der Waals surface area contributed by atoms with Crippen molar-refractivity contribution in [3.63, 3.8) is 0 Å². The van der Waals surface area contributed by atoms with Gasteiger partial charge in [0.05, 0.1) is 6.20 Å². The van der Waals surface area contributed by atoms with Crippen LogP contribution in [0.1, 0.15) is 25.7 Å². The fourth-order valence-corrected chi connectivity index (χ4v) is 5.67. The van der Waals surface area contributed by atoms with E-state index in [0.29, 0.717) is 19.0 Å². The summed E-state index contributed by atoms with van der Waals surface area (Å²) in [5.41, 5.74) is 6.33. The van der Waals surface area contributed by atoms with Gasteiger partial charge >= 0.3 is 0 Å². The Morgan fingerprint density at radius 1 is 1.17 bits per heavy atom. The zero-order valence-corrected chi connectivity index (χ0v) is 14.9. The number of rotatable bonds is 4. The van der Waals surface area contributed by atoms with Crippen LogP contribution in [0.2, 0.25) is 0 Å². The first-order valence-corrected chi connectivity index (χ1v) is 10.3. The minimum atomic E-state index is -3.59. The van der Waals surface area contributed by atoms with E-state index in [-0.39, 0.29) is 17.0 Å². The molecule has 1 aliphatic carbocycles. The van der Waals surface area contributed by atoms with Crippen LogP contribution < -0.4 is 5.73 Å². The number of nitrogens with zero attached hydrogens (tertiary/aromatic N) is 5. The van der Waals surface area contributed by atoms with E-state index in [9.17, 15) is 8.42 Å². The van der Waals surface area contributed by atoms with Crippen LogP contribution in [0.15, 0.2) is 11.2 Å². The second-order valence-electron chi connectivity index (χ2n) is 7.48. The number of hydrogen-bond donors (Lipinski definition) is 1. The summed E-state index contributed by atoms with van der Waals surface area (Å²) in [6.45, 7) is 3.16. The SMILES string of the molecule is Cn1cc(S(=O)(=O)N2CC(N)C(C3CCN(C4CC4)CC3)C2)nn1. The highest BCUT2D eigenvalue weighted by molar-refractivity contribution is 7.89. The number of sulfonamides is 1.